The van der Waals surface area contributed by atoms with E-state index in [4.69, 9.17) is 4.74 Å². The van der Waals surface area contributed by atoms with E-state index >= 15 is 0 Å². The van der Waals surface area contributed by atoms with Crippen molar-refractivity contribution in [1.82, 2.24) is 10.3 Å². The lowest BCUT2D eigenvalue weighted by atomic mass is 9.77. The van der Waals surface area contributed by atoms with Gasteiger partial charge >= 0.3 is 5.97 Å². The van der Waals surface area contributed by atoms with Gasteiger partial charge < -0.3 is 15.2 Å². The van der Waals surface area contributed by atoms with Gasteiger partial charge in [0.15, 0.2) is 0 Å². The number of pyridine rings is 1. The van der Waals surface area contributed by atoms with Crippen molar-refractivity contribution in [2.75, 3.05) is 0 Å². The molecule has 1 aliphatic carbocycles. The monoisotopic (exact) mass is 320 g/mol. The number of carboxylic acid groups (broad SMARTS) is 1. The van der Waals surface area contributed by atoms with Crippen molar-refractivity contribution in [3.05, 3.63) is 23.9 Å². The molecule has 2 rings (SSSR count). The van der Waals surface area contributed by atoms with E-state index in [2.05, 4.69) is 17.2 Å². The number of hydrogen-bond acceptors (Lipinski definition) is 4. The van der Waals surface area contributed by atoms with E-state index < -0.39 is 17.4 Å². The molecule has 126 valence electrons. The molecule has 2 N–H and O–H groups in total. The van der Waals surface area contributed by atoms with E-state index in [0.717, 1.165) is 12.8 Å². The molecule has 1 fully saturated rings. The van der Waals surface area contributed by atoms with E-state index in [1.54, 1.807) is 12.1 Å². The van der Waals surface area contributed by atoms with Gasteiger partial charge in [0, 0.05) is 12.3 Å². The largest absolute Gasteiger partial charge is 0.480 e. The van der Waals surface area contributed by atoms with Crippen molar-refractivity contribution >= 4 is 11.9 Å². The first kappa shape index (κ1) is 17.2. The predicted octanol–water partition coefficient (Wildman–Crippen LogP) is 2.63. The average Bonchev–Trinajstić information content (AvgIpc) is 2.49. The molecule has 0 spiro atoms. The molecule has 1 heterocycles. The fraction of sp³-hybridized carbons (Fsp3) is 0.588. The van der Waals surface area contributed by atoms with Crippen LogP contribution in [0.3, 0.4) is 0 Å². The Hall–Kier alpha value is -2.11. The Morgan fingerprint density at radius 3 is 2.48 bits per heavy atom. The van der Waals surface area contributed by atoms with Crippen LogP contribution in [0.2, 0.25) is 0 Å². The van der Waals surface area contributed by atoms with Gasteiger partial charge in [-0.15, -0.1) is 0 Å². The van der Waals surface area contributed by atoms with Crippen molar-refractivity contribution in [2.24, 2.45) is 5.92 Å². The highest BCUT2D eigenvalue weighted by atomic mass is 16.5. The summed E-state index contributed by atoms with van der Waals surface area (Å²) in [4.78, 5) is 28.1. The lowest BCUT2D eigenvalue weighted by molar-refractivity contribution is -0.146. The highest BCUT2D eigenvalue weighted by Gasteiger charge is 2.42. The first-order valence-corrected chi connectivity index (χ1v) is 8.01. The van der Waals surface area contributed by atoms with Crippen LogP contribution in [0.25, 0.3) is 0 Å². The van der Waals surface area contributed by atoms with Gasteiger partial charge in [0.2, 0.25) is 5.88 Å². The van der Waals surface area contributed by atoms with Crippen LogP contribution in [-0.2, 0) is 4.79 Å². The summed E-state index contributed by atoms with van der Waals surface area (Å²) in [5.41, 5.74) is -0.836. The molecule has 6 heteroatoms. The summed E-state index contributed by atoms with van der Waals surface area (Å²) in [5, 5.41) is 12.3. The fourth-order valence-corrected chi connectivity index (χ4v) is 2.76. The first-order valence-electron chi connectivity index (χ1n) is 8.01. The van der Waals surface area contributed by atoms with Crippen molar-refractivity contribution in [1.29, 1.82) is 0 Å². The van der Waals surface area contributed by atoms with E-state index in [9.17, 15) is 14.7 Å². The number of aromatic nitrogens is 1. The molecule has 0 bridgehead atoms. The van der Waals surface area contributed by atoms with Gasteiger partial charge in [0.1, 0.15) is 5.54 Å². The molecular weight excluding hydrogens is 296 g/mol. The SMILES string of the molecule is CC1CCC(NC(=O)c2ccc(OC(C)C)nc2)(C(=O)O)CC1. The minimum absolute atomic E-state index is 0.00156. The second-order valence-corrected chi connectivity index (χ2v) is 6.58. The van der Waals surface area contributed by atoms with Crippen molar-refractivity contribution < 1.29 is 19.4 Å². The Morgan fingerprint density at radius 1 is 1.35 bits per heavy atom. The Balaban J connectivity index is 2.08. The lowest BCUT2D eigenvalue weighted by Gasteiger charge is -2.36. The highest BCUT2D eigenvalue weighted by Crippen LogP contribution is 2.32. The Labute approximate surface area is 136 Å². The van der Waals surface area contributed by atoms with E-state index in [1.807, 2.05) is 13.8 Å². The molecule has 1 aliphatic rings. The molecule has 0 aliphatic heterocycles. The second-order valence-electron chi connectivity index (χ2n) is 6.58. The Bertz CT molecular complexity index is 560. The molecule has 1 amide bonds. The summed E-state index contributed by atoms with van der Waals surface area (Å²) < 4.78 is 5.43. The van der Waals surface area contributed by atoms with Gasteiger partial charge in [-0.2, -0.15) is 0 Å². The second kappa shape index (κ2) is 6.98. The van der Waals surface area contributed by atoms with Gasteiger partial charge in [-0.1, -0.05) is 6.92 Å². The van der Waals surface area contributed by atoms with Crippen LogP contribution in [0.5, 0.6) is 5.88 Å². The summed E-state index contributed by atoms with van der Waals surface area (Å²) >= 11 is 0. The summed E-state index contributed by atoms with van der Waals surface area (Å²) in [5.74, 6) is -0.444. The van der Waals surface area contributed by atoms with Crippen LogP contribution in [0.1, 0.15) is 56.8 Å². The molecule has 0 aromatic carbocycles. The average molecular weight is 320 g/mol. The van der Waals surface area contributed by atoms with Gasteiger partial charge in [0.25, 0.3) is 5.91 Å². The van der Waals surface area contributed by atoms with E-state index in [1.165, 1.54) is 6.20 Å². The molecule has 1 aromatic rings. The van der Waals surface area contributed by atoms with Gasteiger partial charge in [-0.3, -0.25) is 4.79 Å². The minimum Gasteiger partial charge on any atom is -0.480 e. The van der Waals surface area contributed by atoms with E-state index in [0.29, 0.717) is 30.2 Å². The standard InChI is InChI=1S/C17H24N2O4/c1-11(2)23-14-5-4-13(10-18-14)15(20)19-17(16(21)22)8-6-12(3)7-9-17/h4-5,10-12H,6-9H2,1-3H3,(H,19,20)(H,21,22). The normalized spacial score (nSPS) is 24.3. The molecule has 1 saturated carbocycles. The molecule has 0 unspecified atom stereocenters. The van der Waals surface area contributed by atoms with Gasteiger partial charge in [0.05, 0.1) is 11.7 Å². The summed E-state index contributed by atoms with van der Waals surface area (Å²) in [7, 11) is 0. The van der Waals surface area contributed by atoms with Gasteiger partial charge in [-0.25, -0.2) is 9.78 Å². The smallest absolute Gasteiger partial charge is 0.329 e. The number of aliphatic carboxylic acids is 1. The zero-order chi connectivity index (χ0) is 17.0. The molecule has 0 radical (unpaired) electrons. The maximum Gasteiger partial charge on any atom is 0.329 e. The predicted molar refractivity (Wildman–Crippen MR) is 85.5 cm³/mol. The number of carbonyl (C=O) groups is 2. The van der Waals surface area contributed by atoms with Crippen LogP contribution in [0.4, 0.5) is 0 Å². The zero-order valence-corrected chi connectivity index (χ0v) is 13.8. The molecule has 0 saturated heterocycles. The fourth-order valence-electron chi connectivity index (χ4n) is 2.76. The number of nitrogens with zero attached hydrogens (tertiary/aromatic N) is 1. The number of ether oxygens (including phenoxy) is 1. The number of hydrogen-bond donors (Lipinski definition) is 2. The van der Waals surface area contributed by atoms with Crippen LogP contribution in [0.15, 0.2) is 18.3 Å². The Kier molecular flexibility index (Phi) is 5.23. The molecule has 1 aromatic heterocycles. The molecular formula is C17H24N2O4. The van der Waals surface area contributed by atoms with Crippen molar-refractivity contribution in [3.8, 4) is 5.88 Å². The number of carbonyl (C=O) groups excluding carboxylic acids is 1. The van der Waals surface area contributed by atoms with Crippen LogP contribution in [-0.4, -0.2) is 33.6 Å². The number of rotatable bonds is 5. The lowest BCUT2D eigenvalue weighted by Crippen LogP contribution is -2.56. The summed E-state index contributed by atoms with van der Waals surface area (Å²) in [6, 6.07) is 3.21. The molecule has 0 atom stereocenters. The third-order valence-corrected chi connectivity index (χ3v) is 4.24. The molecule has 23 heavy (non-hydrogen) atoms. The number of nitrogens with one attached hydrogen (secondary N) is 1. The van der Waals surface area contributed by atoms with Crippen molar-refractivity contribution in [3.63, 3.8) is 0 Å². The maximum atomic E-state index is 12.4. The van der Waals surface area contributed by atoms with Crippen LogP contribution < -0.4 is 10.1 Å². The third-order valence-electron chi connectivity index (χ3n) is 4.24. The van der Waals surface area contributed by atoms with Crippen molar-refractivity contribution in [2.45, 2.75) is 58.1 Å². The van der Waals surface area contributed by atoms with Gasteiger partial charge in [-0.05, 0) is 51.5 Å². The molecule has 6 nitrogen and oxygen atoms in total. The number of carboxylic acids is 1. The van der Waals surface area contributed by atoms with E-state index in [-0.39, 0.29) is 6.10 Å². The maximum absolute atomic E-state index is 12.4. The zero-order valence-electron chi connectivity index (χ0n) is 13.8. The topological polar surface area (TPSA) is 88.5 Å². The van der Waals surface area contributed by atoms with Crippen LogP contribution in [0, 0.1) is 5.92 Å². The summed E-state index contributed by atoms with van der Waals surface area (Å²) in [6.07, 6.45) is 3.92. The van der Waals surface area contributed by atoms with Crippen LogP contribution >= 0.6 is 0 Å². The number of amides is 1. The Morgan fingerprint density at radius 2 is 2.00 bits per heavy atom. The summed E-state index contributed by atoms with van der Waals surface area (Å²) in [6.45, 7) is 5.89. The first-order chi connectivity index (χ1) is 10.8. The highest BCUT2D eigenvalue weighted by molar-refractivity contribution is 5.97. The third kappa shape index (κ3) is 4.21. The quantitative estimate of drug-likeness (QED) is 0.870. The minimum atomic E-state index is -1.17.